The highest BCUT2D eigenvalue weighted by Gasteiger charge is 2.17. The average Bonchev–Trinajstić information content (AvgIpc) is 3.20. The van der Waals surface area contributed by atoms with E-state index in [1.165, 1.54) is 17.4 Å². The molecule has 0 unspecified atom stereocenters. The molecule has 0 fully saturated rings. The van der Waals surface area contributed by atoms with Gasteiger partial charge >= 0.3 is 11.8 Å². The topological polar surface area (TPSA) is 99.9 Å². The molecule has 1 amide bonds. The van der Waals surface area contributed by atoms with Crippen LogP contribution in [0.1, 0.15) is 10.6 Å². The number of fused-ring (bicyclic) bond motifs is 1. The third-order valence-corrected chi connectivity index (χ3v) is 4.36. The summed E-state index contributed by atoms with van der Waals surface area (Å²) >= 11 is 1.25. The first-order valence-corrected chi connectivity index (χ1v) is 7.79. The van der Waals surface area contributed by atoms with Crippen molar-refractivity contribution in [3.8, 4) is 18.1 Å². The van der Waals surface area contributed by atoms with Gasteiger partial charge in [-0.05, 0) is 24.3 Å². The number of amides is 1. The number of methoxy groups -OCH3 is 1. The highest BCUT2D eigenvalue weighted by atomic mass is 32.1. The molecule has 0 radical (unpaired) electrons. The predicted octanol–water partition coefficient (Wildman–Crippen LogP) is 2.59. The first-order chi connectivity index (χ1) is 12.0. The molecule has 0 bridgehead atoms. The van der Waals surface area contributed by atoms with Gasteiger partial charge in [0.25, 0.3) is 0 Å². The quantitative estimate of drug-likeness (QED) is 0.406. The van der Waals surface area contributed by atoms with Gasteiger partial charge in [0.05, 0.1) is 29.9 Å². The molecule has 126 valence electrons. The minimum Gasteiger partial charge on any atom is -0.497 e. The van der Waals surface area contributed by atoms with Crippen LogP contribution in [0.15, 0.2) is 39.7 Å². The molecule has 0 aliphatic carbocycles. The number of carbonyl (C=O) groups excluding carboxylic acids is 1. The molecule has 25 heavy (non-hydrogen) atoms. The Morgan fingerprint density at radius 2 is 2.28 bits per heavy atom. The second-order valence-electron chi connectivity index (χ2n) is 4.82. The number of nitro groups is 1. The Bertz CT molecular complexity index is 1080. The van der Waals surface area contributed by atoms with Gasteiger partial charge in [0.1, 0.15) is 10.7 Å². The Kier molecular flexibility index (Phi) is 4.36. The van der Waals surface area contributed by atoms with E-state index in [1.807, 2.05) is 12.1 Å². The van der Waals surface area contributed by atoms with Crippen LogP contribution in [-0.2, 0) is 6.54 Å². The van der Waals surface area contributed by atoms with Crippen molar-refractivity contribution >= 4 is 33.3 Å². The van der Waals surface area contributed by atoms with Crippen molar-refractivity contribution in [1.82, 2.24) is 4.57 Å². The van der Waals surface area contributed by atoms with Gasteiger partial charge in [-0.25, -0.2) is 0 Å². The molecule has 2 heterocycles. The van der Waals surface area contributed by atoms with Crippen LogP contribution < -0.4 is 9.54 Å². The molecular formula is C16H11N3O5S. The van der Waals surface area contributed by atoms with Crippen molar-refractivity contribution in [3.05, 3.63) is 51.0 Å². The molecule has 3 aromatic rings. The zero-order valence-electron chi connectivity index (χ0n) is 13.0. The number of thiazole rings is 1. The molecule has 8 nitrogen and oxygen atoms in total. The van der Waals surface area contributed by atoms with Gasteiger partial charge in [0, 0.05) is 0 Å². The Hall–Kier alpha value is -3.38. The van der Waals surface area contributed by atoms with E-state index in [0.717, 1.165) is 16.3 Å². The summed E-state index contributed by atoms with van der Waals surface area (Å²) in [5.41, 5.74) is 0.806. The van der Waals surface area contributed by atoms with Crippen molar-refractivity contribution in [2.75, 3.05) is 7.11 Å². The van der Waals surface area contributed by atoms with Crippen LogP contribution in [0.4, 0.5) is 5.88 Å². The van der Waals surface area contributed by atoms with E-state index in [1.54, 1.807) is 17.7 Å². The summed E-state index contributed by atoms with van der Waals surface area (Å²) in [5, 5.41) is 10.6. The number of nitrogens with zero attached hydrogens (tertiary/aromatic N) is 3. The summed E-state index contributed by atoms with van der Waals surface area (Å²) in [6.07, 6.45) is 5.40. The average molecular weight is 357 g/mol. The fraction of sp³-hybridized carbons (Fsp3) is 0.125. The standard InChI is InChI=1S/C16H11N3O5S/c1-3-8-18-11-5-4-10(23-2)9-13(11)25-16(18)17-15(20)12-6-7-14(24-12)19(21)22/h1,4-7,9H,8H2,2H3. The molecule has 0 spiro atoms. The molecule has 3 rings (SSSR count). The molecular weight excluding hydrogens is 346 g/mol. The number of furan rings is 1. The zero-order chi connectivity index (χ0) is 18.0. The number of benzene rings is 1. The van der Waals surface area contributed by atoms with Crippen molar-refractivity contribution < 1.29 is 18.9 Å². The summed E-state index contributed by atoms with van der Waals surface area (Å²) in [5.74, 6) is 1.73. The first-order valence-electron chi connectivity index (χ1n) is 6.97. The van der Waals surface area contributed by atoms with Gasteiger partial charge in [-0.15, -0.1) is 6.42 Å². The van der Waals surface area contributed by atoms with Gasteiger partial charge in [-0.1, -0.05) is 17.3 Å². The number of hydrogen-bond donors (Lipinski definition) is 0. The third-order valence-electron chi connectivity index (χ3n) is 3.32. The lowest BCUT2D eigenvalue weighted by atomic mass is 10.3. The van der Waals surface area contributed by atoms with Crippen LogP contribution in [0.25, 0.3) is 10.2 Å². The summed E-state index contributed by atoms with van der Waals surface area (Å²) in [7, 11) is 1.56. The summed E-state index contributed by atoms with van der Waals surface area (Å²) in [6.45, 7) is 0.219. The zero-order valence-corrected chi connectivity index (χ0v) is 13.8. The SMILES string of the molecule is C#CCn1c(=NC(=O)c2ccc([N+](=O)[O-])o2)sc2cc(OC)ccc21. The van der Waals surface area contributed by atoms with E-state index in [2.05, 4.69) is 10.9 Å². The van der Waals surface area contributed by atoms with E-state index >= 15 is 0 Å². The monoisotopic (exact) mass is 357 g/mol. The maximum absolute atomic E-state index is 12.2. The van der Waals surface area contributed by atoms with Crippen LogP contribution in [0.5, 0.6) is 5.75 Å². The van der Waals surface area contributed by atoms with Gasteiger partial charge in [0.15, 0.2) is 4.80 Å². The number of hydrogen-bond acceptors (Lipinski definition) is 6. The Morgan fingerprint density at radius 1 is 1.48 bits per heavy atom. The second-order valence-corrected chi connectivity index (χ2v) is 5.83. The van der Waals surface area contributed by atoms with Crippen LogP contribution in [0.2, 0.25) is 0 Å². The molecule has 0 aliphatic heterocycles. The summed E-state index contributed by atoms with van der Waals surface area (Å²) in [4.78, 5) is 26.5. The lowest BCUT2D eigenvalue weighted by molar-refractivity contribution is -0.402. The highest BCUT2D eigenvalue weighted by molar-refractivity contribution is 7.16. The number of ether oxygens (including phenoxy) is 1. The molecule has 0 saturated heterocycles. The molecule has 0 saturated carbocycles. The van der Waals surface area contributed by atoms with Crippen molar-refractivity contribution in [2.45, 2.75) is 6.54 Å². The molecule has 9 heteroatoms. The largest absolute Gasteiger partial charge is 0.497 e. The number of rotatable bonds is 4. The van der Waals surface area contributed by atoms with Crippen molar-refractivity contribution in [1.29, 1.82) is 0 Å². The Labute approximate surface area is 145 Å². The van der Waals surface area contributed by atoms with E-state index in [0.29, 0.717) is 10.6 Å². The normalized spacial score (nSPS) is 11.4. The van der Waals surface area contributed by atoms with Crippen LogP contribution in [0.3, 0.4) is 0 Å². The fourth-order valence-electron chi connectivity index (χ4n) is 2.19. The molecule has 2 aromatic heterocycles. The van der Waals surface area contributed by atoms with E-state index in [9.17, 15) is 14.9 Å². The maximum Gasteiger partial charge on any atom is 0.433 e. The summed E-state index contributed by atoms with van der Waals surface area (Å²) in [6, 6.07) is 7.74. The van der Waals surface area contributed by atoms with Gasteiger partial charge in [-0.3, -0.25) is 14.9 Å². The Balaban J connectivity index is 2.10. The first kappa shape index (κ1) is 16.5. The third kappa shape index (κ3) is 3.15. The van der Waals surface area contributed by atoms with Gasteiger partial charge in [0.2, 0.25) is 5.76 Å². The van der Waals surface area contributed by atoms with Crippen LogP contribution in [0, 0.1) is 22.5 Å². The van der Waals surface area contributed by atoms with Crippen molar-refractivity contribution in [2.24, 2.45) is 4.99 Å². The lowest BCUT2D eigenvalue weighted by Crippen LogP contribution is -2.16. The van der Waals surface area contributed by atoms with Crippen LogP contribution >= 0.6 is 11.3 Å². The Morgan fingerprint density at radius 3 is 2.92 bits per heavy atom. The fourth-order valence-corrected chi connectivity index (χ4v) is 3.25. The van der Waals surface area contributed by atoms with E-state index in [4.69, 9.17) is 15.6 Å². The molecule has 0 aliphatic rings. The van der Waals surface area contributed by atoms with E-state index < -0.39 is 16.7 Å². The number of terminal acetylenes is 1. The number of aromatic nitrogens is 1. The summed E-state index contributed by atoms with van der Waals surface area (Å²) < 4.78 is 12.6. The predicted molar refractivity (Wildman–Crippen MR) is 90.5 cm³/mol. The lowest BCUT2D eigenvalue weighted by Gasteiger charge is -2.01. The molecule has 1 aromatic carbocycles. The van der Waals surface area contributed by atoms with E-state index in [-0.39, 0.29) is 12.3 Å². The number of carbonyl (C=O) groups is 1. The minimum atomic E-state index is -0.725. The smallest absolute Gasteiger partial charge is 0.433 e. The van der Waals surface area contributed by atoms with Crippen LogP contribution in [-0.4, -0.2) is 22.5 Å². The van der Waals surface area contributed by atoms with Gasteiger partial charge < -0.3 is 13.7 Å². The minimum absolute atomic E-state index is 0.214. The molecule has 0 N–H and O–H groups in total. The molecule has 0 atom stereocenters. The van der Waals surface area contributed by atoms with Crippen molar-refractivity contribution in [3.63, 3.8) is 0 Å². The second kappa shape index (κ2) is 6.62. The van der Waals surface area contributed by atoms with Gasteiger partial charge in [-0.2, -0.15) is 4.99 Å². The maximum atomic E-state index is 12.2. The highest BCUT2D eigenvalue weighted by Crippen LogP contribution is 2.23.